The molecule has 0 spiro atoms. The van der Waals surface area contributed by atoms with Gasteiger partial charge in [-0.2, -0.15) is 0 Å². The molecule has 23 heavy (non-hydrogen) atoms. The summed E-state index contributed by atoms with van der Waals surface area (Å²) in [4.78, 5) is 12.0. The summed E-state index contributed by atoms with van der Waals surface area (Å²) in [7, 11) is 0. The van der Waals surface area contributed by atoms with Crippen LogP contribution in [0.15, 0.2) is 24.3 Å². The lowest BCUT2D eigenvalue weighted by Crippen LogP contribution is -2.51. The molecule has 0 radical (unpaired) electrons. The fourth-order valence-corrected chi connectivity index (χ4v) is 1.97. The number of carbonyl (C=O) groups excluding carboxylic acids is 1. The highest BCUT2D eigenvalue weighted by Crippen LogP contribution is 2.17. The predicted molar refractivity (Wildman–Crippen MR) is 93.0 cm³/mol. The van der Waals surface area contributed by atoms with Crippen LogP contribution in [0.3, 0.4) is 0 Å². The summed E-state index contributed by atoms with van der Waals surface area (Å²) in [6.07, 6.45) is -0.765. The van der Waals surface area contributed by atoms with E-state index in [0.29, 0.717) is 18.8 Å². The van der Waals surface area contributed by atoms with Crippen LogP contribution in [0.1, 0.15) is 40.2 Å². The fraction of sp³-hybridized carbons (Fsp3) is 0.588. The third-order valence-electron chi connectivity index (χ3n) is 2.75. The van der Waals surface area contributed by atoms with Gasteiger partial charge < -0.3 is 14.6 Å². The highest BCUT2D eigenvalue weighted by atomic mass is 35.5. The zero-order valence-corrected chi connectivity index (χ0v) is 15.3. The number of halogens is 1. The molecule has 0 aliphatic heterocycles. The van der Waals surface area contributed by atoms with Crippen molar-refractivity contribution in [2.75, 3.05) is 6.61 Å². The molecule has 0 fully saturated rings. The van der Waals surface area contributed by atoms with Crippen molar-refractivity contribution in [1.29, 1.82) is 0 Å². The van der Waals surface area contributed by atoms with Crippen molar-refractivity contribution < 1.29 is 19.4 Å². The Bertz CT molecular complexity index is 486. The van der Waals surface area contributed by atoms with E-state index < -0.39 is 18.3 Å². The normalized spacial score (nSPS) is 13.7. The number of carbonyl (C=O) groups is 1. The number of nitrogens with one attached hydrogen (secondary N) is 1. The molecule has 1 aromatic carbocycles. The number of aliphatic hydroxyl groups excluding tert-OH is 1. The quantitative estimate of drug-likeness (QED) is 0.587. The van der Waals surface area contributed by atoms with Crippen molar-refractivity contribution in [3.63, 3.8) is 0 Å². The van der Waals surface area contributed by atoms with Crippen LogP contribution in [0.5, 0.6) is 5.75 Å². The van der Waals surface area contributed by atoms with E-state index >= 15 is 0 Å². The van der Waals surface area contributed by atoms with Crippen LogP contribution >= 0.6 is 12.4 Å². The molecule has 0 bridgehead atoms. The first-order valence-corrected chi connectivity index (χ1v) is 7.59. The van der Waals surface area contributed by atoms with Gasteiger partial charge in [0.15, 0.2) is 0 Å². The van der Waals surface area contributed by atoms with E-state index in [2.05, 4.69) is 5.32 Å². The van der Waals surface area contributed by atoms with Gasteiger partial charge in [-0.15, -0.1) is 12.4 Å². The third kappa shape index (κ3) is 8.79. The lowest BCUT2D eigenvalue weighted by atomic mass is 10.1. The van der Waals surface area contributed by atoms with Crippen molar-refractivity contribution in [1.82, 2.24) is 5.32 Å². The standard InChI is InChI=1S/C17H27NO4.ClH/c1-6-21-16(20)15(18-17(3,4)5)22-14-9-7-8-13(11-14)10-12(2)19;/h7-9,11-12,15,18-19H,6,10H2,1-5H3;1H. The Morgan fingerprint density at radius 3 is 2.52 bits per heavy atom. The van der Waals surface area contributed by atoms with Crippen LogP contribution in [-0.4, -0.2) is 35.6 Å². The molecule has 1 rings (SSSR count). The first-order chi connectivity index (χ1) is 10.2. The predicted octanol–water partition coefficient (Wildman–Crippen LogP) is 2.69. The number of aliphatic hydroxyl groups is 1. The molecule has 0 saturated carbocycles. The van der Waals surface area contributed by atoms with Crippen molar-refractivity contribution in [3.8, 4) is 5.75 Å². The van der Waals surface area contributed by atoms with Crippen molar-refractivity contribution in [2.45, 2.75) is 58.9 Å². The summed E-state index contributed by atoms with van der Waals surface area (Å²) < 4.78 is 10.8. The summed E-state index contributed by atoms with van der Waals surface area (Å²) >= 11 is 0. The van der Waals surface area contributed by atoms with Gasteiger partial charge in [0, 0.05) is 5.54 Å². The van der Waals surface area contributed by atoms with Gasteiger partial charge in [0.2, 0.25) is 6.23 Å². The number of esters is 1. The molecule has 0 saturated heterocycles. The van der Waals surface area contributed by atoms with E-state index in [9.17, 15) is 9.90 Å². The minimum atomic E-state index is -0.873. The van der Waals surface area contributed by atoms with E-state index in [1.54, 1.807) is 19.9 Å². The van der Waals surface area contributed by atoms with Gasteiger partial charge in [0.1, 0.15) is 5.75 Å². The Kier molecular flexibility index (Phi) is 9.20. The summed E-state index contributed by atoms with van der Waals surface area (Å²) in [5.74, 6) is 0.117. The highest BCUT2D eigenvalue weighted by Gasteiger charge is 2.26. The Morgan fingerprint density at radius 2 is 2.00 bits per heavy atom. The molecule has 0 aliphatic carbocycles. The maximum Gasteiger partial charge on any atom is 0.363 e. The van der Waals surface area contributed by atoms with Gasteiger partial charge in [0.05, 0.1) is 12.7 Å². The Balaban J connectivity index is 0.00000484. The summed E-state index contributed by atoms with van der Waals surface area (Å²) in [5.41, 5.74) is 0.653. The molecule has 1 aromatic rings. The van der Waals surface area contributed by atoms with E-state index in [1.807, 2.05) is 39.0 Å². The van der Waals surface area contributed by atoms with E-state index in [4.69, 9.17) is 9.47 Å². The zero-order chi connectivity index (χ0) is 16.8. The van der Waals surface area contributed by atoms with Gasteiger partial charge >= 0.3 is 5.97 Å². The van der Waals surface area contributed by atoms with Gasteiger partial charge in [-0.05, 0) is 58.7 Å². The molecule has 132 valence electrons. The largest absolute Gasteiger partial charge is 0.464 e. The smallest absolute Gasteiger partial charge is 0.363 e. The molecular formula is C17H28ClNO4. The van der Waals surface area contributed by atoms with Crippen molar-refractivity contribution >= 4 is 18.4 Å². The first kappa shape index (κ1) is 21.7. The van der Waals surface area contributed by atoms with Gasteiger partial charge in [-0.25, -0.2) is 4.79 Å². The SMILES string of the molecule is CCOC(=O)C(NC(C)(C)C)Oc1cccc(CC(C)O)c1.Cl. The molecule has 0 aliphatic rings. The van der Waals surface area contributed by atoms with Gasteiger partial charge in [0.25, 0.3) is 0 Å². The number of hydrogen-bond donors (Lipinski definition) is 2. The molecule has 0 aromatic heterocycles. The van der Waals surface area contributed by atoms with Crippen LogP contribution in [0.4, 0.5) is 0 Å². The van der Waals surface area contributed by atoms with Crippen LogP contribution in [0.2, 0.25) is 0 Å². The Hall–Kier alpha value is -1.30. The first-order valence-electron chi connectivity index (χ1n) is 7.59. The highest BCUT2D eigenvalue weighted by molar-refractivity contribution is 5.85. The average Bonchev–Trinajstić information content (AvgIpc) is 2.36. The van der Waals surface area contributed by atoms with E-state index in [1.165, 1.54) is 0 Å². The molecule has 6 heteroatoms. The lowest BCUT2D eigenvalue weighted by molar-refractivity contribution is -0.154. The number of benzene rings is 1. The van der Waals surface area contributed by atoms with Gasteiger partial charge in [-0.3, -0.25) is 5.32 Å². The van der Waals surface area contributed by atoms with E-state index in [0.717, 1.165) is 5.56 Å². The number of ether oxygens (including phenoxy) is 2. The molecule has 0 heterocycles. The van der Waals surface area contributed by atoms with Crippen LogP contribution in [0, 0.1) is 0 Å². The molecular weight excluding hydrogens is 318 g/mol. The zero-order valence-electron chi connectivity index (χ0n) is 14.5. The summed E-state index contributed by atoms with van der Waals surface area (Å²) in [6.45, 7) is 9.64. The molecule has 0 amide bonds. The third-order valence-corrected chi connectivity index (χ3v) is 2.75. The van der Waals surface area contributed by atoms with Crippen LogP contribution in [0.25, 0.3) is 0 Å². The van der Waals surface area contributed by atoms with Crippen molar-refractivity contribution in [2.24, 2.45) is 0 Å². The minimum Gasteiger partial charge on any atom is -0.464 e. The molecule has 2 N–H and O–H groups in total. The lowest BCUT2D eigenvalue weighted by Gasteiger charge is -2.27. The van der Waals surface area contributed by atoms with Crippen LogP contribution < -0.4 is 10.1 Å². The van der Waals surface area contributed by atoms with Crippen LogP contribution in [-0.2, 0) is 16.0 Å². The minimum absolute atomic E-state index is 0. The second kappa shape index (κ2) is 9.75. The van der Waals surface area contributed by atoms with Crippen molar-refractivity contribution in [3.05, 3.63) is 29.8 Å². The number of rotatable bonds is 7. The molecule has 2 atom stereocenters. The Morgan fingerprint density at radius 1 is 1.35 bits per heavy atom. The topological polar surface area (TPSA) is 67.8 Å². The summed E-state index contributed by atoms with van der Waals surface area (Å²) in [6, 6.07) is 7.36. The average molecular weight is 346 g/mol. The summed E-state index contributed by atoms with van der Waals surface area (Å²) in [5, 5.41) is 12.6. The maximum atomic E-state index is 12.0. The van der Waals surface area contributed by atoms with E-state index in [-0.39, 0.29) is 17.9 Å². The second-order valence-electron chi connectivity index (χ2n) is 6.34. The Labute approximate surface area is 144 Å². The second-order valence-corrected chi connectivity index (χ2v) is 6.34. The monoisotopic (exact) mass is 345 g/mol. The number of hydrogen-bond acceptors (Lipinski definition) is 5. The fourth-order valence-electron chi connectivity index (χ4n) is 1.97. The molecule has 5 nitrogen and oxygen atoms in total. The molecule has 2 unspecified atom stereocenters. The maximum absolute atomic E-state index is 12.0. The van der Waals surface area contributed by atoms with Gasteiger partial charge in [-0.1, -0.05) is 12.1 Å².